The van der Waals surface area contributed by atoms with Gasteiger partial charge in [0.1, 0.15) is 0 Å². The van der Waals surface area contributed by atoms with Gasteiger partial charge in [0.15, 0.2) is 0 Å². The van der Waals surface area contributed by atoms with Crippen LogP contribution in [0.25, 0.3) is 0 Å². The average molecular weight is 157 g/mol. The Kier molecular flexibility index (Phi) is 3.34. The van der Waals surface area contributed by atoms with Crippen LogP contribution in [0.2, 0.25) is 0 Å². The van der Waals surface area contributed by atoms with E-state index in [1.807, 2.05) is 0 Å². The van der Waals surface area contributed by atoms with Crippen LogP contribution < -0.4 is 5.73 Å². The summed E-state index contributed by atoms with van der Waals surface area (Å²) in [6.07, 6.45) is 3.76. The van der Waals surface area contributed by atoms with E-state index in [1.165, 1.54) is 6.42 Å². The van der Waals surface area contributed by atoms with Crippen molar-refractivity contribution >= 4 is 0 Å². The highest BCUT2D eigenvalue weighted by Crippen LogP contribution is 2.23. The molecule has 0 aromatic heterocycles. The average Bonchev–Trinajstić information content (AvgIpc) is 2.36. The Morgan fingerprint density at radius 3 is 2.82 bits per heavy atom. The zero-order chi connectivity index (χ0) is 8.27. The van der Waals surface area contributed by atoms with Crippen LogP contribution in [0.3, 0.4) is 0 Å². The smallest absolute Gasteiger partial charge is 0.0752 e. The van der Waals surface area contributed by atoms with Crippen LogP contribution in [0.15, 0.2) is 0 Å². The molecule has 0 amide bonds. The lowest BCUT2D eigenvalue weighted by Crippen LogP contribution is -2.37. The highest BCUT2D eigenvalue weighted by atomic mass is 16.5. The summed E-state index contributed by atoms with van der Waals surface area (Å²) < 4.78 is 5.55. The molecule has 3 atom stereocenters. The lowest BCUT2D eigenvalue weighted by molar-refractivity contribution is 0.0700. The largest absolute Gasteiger partial charge is 0.376 e. The van der Waals surface area contributed by atoms with E-state index < -0.39 is 0 Å². The third kappa shape index (κ3) is 2.17. The molecule has 3 unspecified atom stereocenters. The molecular formula is C9H19NO. The lowest BCUT2D eigenvalue weighted by atomic mass is 9.95. The molecule has 0 aromatic carbocycles. The van der Waals surface area contributed by atoms with Crippen LogP contribution in [0, 0.1) is 5.92 Å². The number of hydrogen-bond acceptors (Lipinski definition) is 2. The number of ether oxygens (including phenoxy) is 1. The monoisotopic (exact) mass is 157 g/mol. The molecule has 0 aliphatic carbocycles. The fraction of sp³-hybridized carbons (Fsp3) is 1.00. The van der Waals surface area contributed by atoms with Crippen LogP contribution in [-0.2, 0) is 4.74 Å². The molecule has 2 nitrogen and oxygen atoms in total. The highest BCUT2D eigenvalue weighted by Gasteiger charge is 2.28. The van der Waals surface area contributed by atoms with Crippen LogP contribution in [-0.4, -0.2) is 18.8 Å². The van der Waals surface area contributed by atoms with Crippen molar-refractivity contribution < 1.29 is 4.74 Å². The van der Waals surface area contributed by atoms with Crippen molar-refractivity contribution in [3.63, 3.8) is 0 Å². The van der Waals surface area contributed by atoms with E-state index in [0.717, 1.165) is 19.4 Å². The zero-order valence-corrected chi connectivity index (χ0v) is 7.55. The molecule has 0 radical (unpaired) electrons. The molecule has 1 aliphatic heterocycles. The van der Waals surface area contributed by atoms with Crippen LogP contribution in [0.5, 0.6) is 0 Å². The van der Waals surface area contributed by atoms with Gasteiger partial charge in [-0.2, -0.15) is 0 Å². The SMILES string of the molecule is CCCC(N)C1OCCC1C. The fourth-order valence-corrected chi connectivity index (χ4v) is 1.76. The summed E-state index contributed by atoms with van der Waals surface area (Å²) in [5.74, 6) is 0.663. The van der Waals surface area contributed by atoms with Gasteiger partial charge in [-0.15, -0.1) is 0 Å². The fourth-order valence-electron chi connectivity index (χ4n) is 1.76. The number of rotatable bonds is 3. The molecule has 1 heterocycles. The van der Waals surface area contributed by atoms with Gasteiger partial charge in [-0.1, -0.05) is 20.3 Å². The van der Waals surface area contributed by atoms with E-state index >= 15 is 0 Å². The maximum atomic E-state index is 5.95. The molecule has 1 saturated heterocycles. The molecular weight excluding hydrogens is 138 g/mol. The topological polar surface area (TPSA) is 35.2 Å². The van der Waals surface area contributed by atoms with Gasteiger partial charge in [-0.3, -0.25) is 0 Å². The molecule has 66 valence electrons. The Morgan fingerprint density at radius 2 is 2.36 bits per heavy atom. The molecule has 1 fully saturated rings. The minimum atomic E-state index is 0.262. The molecule has 0 bridgehead atoms. The first-order valence-corrected chi connectivity index (χ1v) is 4.63. The van der Waals surface area contributed by atoms with Crippen molar-refractivity contribution in [2.75, 3.05) is 6.61 Å². The van der Waals surface area contributed by atoms with E-state index in [9.17, 15) is 0 Å². The van der Waals surface area contributed by atoms with Crippen molar-refractivity contribution in [1.29, 1.82) is 0 Å². The van der Waals surface area contributed by atoms with Gasteiger partial charge in [0.05, 0.1) is 6.10 Å². The first kappa shape index (κ1) is 9.01. The number of hydrogen-bond donors (Lipinski definition) is 1. The van der Waals surface area contributed by atoms with Crippen molar-refractivity contribution in [2.24, 2.45) is 11.7 Å². The molecule has 11 heavy (non-hydrogen) atoms. The molecule has 0 aromatic rings. The summed E-state index contributed by atoms with van der Waals surface area (Å²) in [7, 11) is 0. The zero-order valence-electron chi connectivity index (χ0n) is 7.55. The Morgan fingerprint density at radius 1 is 1.64 bits per heavy atom. The van der Waals surface area contributed by atoms with E-state index in [2.05, 4.69) is 13.8 Å². The normalized spacial score (nSPS) is 34.1. The predicted octanol–water partition coefficient (Wildman–Crippen LogP) is 1.54. The third-order valence-corrected chi connectivity index (χ3v) is 2.49. The van der Waals surface area contributed by atoms with Gasteiger partial charge in [-0.25, -0.2) is 0 Å². The van der Waals surface area contributed by atoms with Gasteiger partial charge in [0.2, 0.25) is 0 Å². The van der Waals surface area contributed by atoms with Gasteiger partial charge >= 0.3 is 0 Å². The van der Waals surface area contributed by atoms with E-state index in [-0.39, 0.29) is 6.04 Å². The predicted molar refractivity (Wildman–Crippen MR) is 46.4 cm³/mol. The van der Waals surface area contributed by atoms with Gasteiger partial charge < -0.3 is 10.5 Å². The van der Waals surface area contributed by atoms with Crippen LogP contribution in [0.1, 0.15) is 33.1 Å². The third-order valence-electron chi connectivity index (χ3n) is 2.49. The molecule has 2 N–H and O–H groups in total. The molecule has 2 heteroatoms. The number of nitrogens with two attached hydrogens (primary N) is 1. The van der Waals surface area contributed by atoms with Crippen LogP contribution in [0.4, 0.5) is 0 Å². The summed E-state index contributed by atoms with van der Waals surface area (Å²) in [4.78, 5) is 0. The summed E-state index contributed by atoms with van der Waals surface area (Å²) in [6, 6.07) is 0.262. The summed E-state index contributed by atoms with van der Waals surface area (Å²) in [5, 5.41) is 0. The maximum absolute atomic E-state index is 5.95. The molecule has 1 aliphatic rings. The first-order valence-electron chi connectivity index (χ1n) is 4.63. The van der Waals surface area contributed by atoms with Gasteiger partial charge in [-0.05, 0) is 18.8 Å². The van der Waals surface area contributed by atoms with Gasteiger partial charge in [0.25, 0.3) is 0 Å². The van der Waals surface area contributed by atoms with Crippen molar-refractivity contribution in [3.8, 4) is 0 Å². The lowest BCUT2D eigenvalue weighted by Gasteiger charge is -2.21. The highest BCUT2D eigenvalue weighted by molar-refractivity contribution is 4.81. The summed E-state index contributed by atoms with van der Waals surface area (Å²) in [6.45, 7) is 5.30. The Hall–Kier alpha value is -0.0800. The maximum Gasteiger partial charge on any atom is 0.0752 e. The van der Waals surface area contributed by atoms with Crippen molar-refractivity contribution in [2.45, 2.75) is 45.3 Å². The van der Waals surface area contributed by atoms with Gasteiger partial charge in [0, 0.05) is 12.6 Å². The van der Waals surface area contributed by atoms with Crippen molar-refractivity contribution in [3.05, 3.63) is 0 Å². The Bertz CT molecular complexity index is 116. The minimum absolute atomic E-state index is 0.262. The second-order valence-corrected chi connectivity index (χ2v) is 3.55. The van der Waals surface area contributed by atoms with E-state index in [0.29, 0.717) is 12.0 Å². The second-order valence-electron chi connectivity index (χ2n) is 3.55. The van der Waals surface area contributed by atoms with E-state index in [1.54, 1.807) is 0 Å². The minimum Gasteiger partial charge on any atom is -0.376 e. The Balaban J connectivity index is 2.33. The summed E-state index contributed by atoms with van der Waals surface area (Å²) >= 11 is 0. The quantitative estimate of drug-likeness (QED) is 0.674. The Labute approximate surface area is 69.1 Å². The van der Waals surface area contributed by atoms with Crippen LogP contribution >= 0.6 is 0 Å². The first-order chi connectivity index (χ1) is 5.25. The van der Waals surface area contributed by atoms with Crippen molar-refractivity contribution in [1.82, 2.24) is 0 Å². The summed E-state index contributed by atoms with van der Waals surface area (Å²) in [5.41, 5.74) is 5.95. The molecule has 1 rings (SSSR count). The van der Waals surface area contributed by atoms with E-state index in [4.69, 9.17) is 10.5 Å². The molecule has 0 spiro atoms. The standard InChI is InChI=1S/C9H19NO/c1-3-4-8(10)9-7(2)5-6-11-9/h7-9H,3-6,10H2,1-2H3. The molecule has 0 saturated carbocycles. The second kappa shape index (κ2) is 4.07.